The van der Waals surface area contributed by atoms with Gasteiger partial charge in [0, 0.05) is 36.8 Å². The number of amides is 2. The van der Waals surface area contributed by atoms with Crippen LogP contribution in [0.4, 0.5) is 0 Å². The predicted octanol–water partition coefficient (Wildman–Crippen LogP) is 2.35. The van der Waals surface area contributed by atoms with Gasteiger partial charge in [-0.25, -0.2) is 0 Å². The van der Waals surface area contributed by atoms with Crippen LogP contribution in [0.1, 0.15) is 23.6 Å². The van der Waals surface area contributed by atoms with Crippen LogP contribution in [0.3, 0.4) is 0 Å². The van der Waals surface area contributed by atoms with E-state index in [-0.39, 0.29) is 17.9 Å². The highest BCUT2D eigenvalue weighted by Gasteiger charge is 2.45. The van der Waals surface area contributed by atoms with Gasteiger partial charge in [0.05, 0.1) is 24.8 Å². The Bertz CT molecular complexity index is 1140. The zero-order chi connectivity index (χ0) is 25.7. The maximum atomic E-state index is 13.2. The fourth-order valence-electron chi connectivity index (χ4n) is 4.41. The quantitative estimate of drug-likeness (QED) is 0.300. The number of likely N-dealkylation sites (tertiary alicyclic amines) is 1. The molecular weight excluding hydrogens is 486 g/mol. The third-order valence-corrected chi connectivity index (χ3v) is 6.46. The molecule has 0 aliphatic carbocycles. The number of aliphatic hydroxyl groups excluding tert-OH is 1. The summed E-state index contributed by atoms with van der Waals surface area (Å²) in [6, 6.07) is 12.3. The summed E-state index contributed by atoms with van der Waals surface area (Å²) in [5.74, 6) is -1.85. The number of aliphatic hydroxyl groups is 1. The average Bonchev–Trinajstić information content (AvgIpc) is 3.13. The average molecular weight is 514 g/mol. The minimum atomic E-state index is -0.782. The highest BCUT2D eigenvalue weighted by atomic mass is 35.5. The Morgan fingerprint density at radius 3 is 2.36 bits per heavy atom. The number of nitrogens with two attached hydrogens (primary N) is 1. The van der Waals surface area contributed by atoms with Crippen molar-refractivity contribution in [1.29, 1.82) is 0 Å². The molecule has 0 radical (unpaired) electrons. The molecule has 2 aromatic carbocycles. The summed E-state index contributed by atoms with van der Waals surface area (Å²) >= 11 is 5.98. The Labute approximate surface area is 214 Å². The van der Waals surface area contributed by atoms with E-state index in [1.807, 2.05) is 0 Å². The summed E-state index contributed by atoms with van der Waals surface area (Å²) in [7, 11) is 0. The second kappa shape index (κ2) is 11.6. The van der Waals surface area contributed by atoms with Gasteiger partial charge in [-0.2, -0.15) is 0 Å². The first-order chi connectivity index (χ1) is 17.3. The van der Waals surface area contributed by atoms with E-state index in [4.69, 9.17) is 26.8 Å². The molecule has 0 bridgehead atoms. The third-order valence-electron chi connectivity index (χ3n) is 6.21. The van der Waals surface area contributed by atoms with Crippen molar-refractivity contribution >= 4 is 35.0 Å². The molecule has 4 rings (SSSR count). The molecule has 2 fully saturated rings. The molecule has 10 heteroatoms. The van der Waals surface area contributed by atoms with Gasteiger partial charge in [-0.05, 0) is 48.4 Å². The minimum Gasteiger partial charge on any atom is -0.507 e. The summed E-state index contributed by atoms with van der Waals surface area (Å²) < 4.78 is 10.7. The number of ketones is 1. The van der Waals surface area contributed by atoms with Gasteiger partial charge in [-0.1, -0.05) is 23.7 Å². The third kappa shape index (κ3) is 5.87. The Kier molecular flexibility index (Phi) is 8.25. The van der Waals surface area contributed by atoms with Crippen LogP contribution < -0.4 is 10.5 Å². The van der Waals surface area contributed by atoms with Gasteiger partial charge in [0.2, 0.25) is 0 Å². The lowest BCUT2D eigenvalue weighted by molar-refractivity contribution is -0.140. The van der Waals surface area contributed by atoms with Crippen LogP contribution in [0.5, 0.6) is 5.75 Å². The fourth-order valence-corrected chi connectivity index (χ4v) is 4.54. The van der Waals surface area contributed by atoms with E-state index < -0.39 is 23.6 Å². The van der Waals surface area contributed by atoms with Crippen LogP contribution in [0, 0.1) is 0 Å². The molecule has 0 aromatic heterocycles. The smallest absolute Gasteiger partial charge is 0.295 e. The largest absolute Gasteiger partial charge is 0.507 e. The fraction of sp³-hybridized carbons (Fsp3) is 0.346. The topological polar surface area (TPSA) is 122 Å². The number of carbonyl (C=O) groups is 3. The van der Waals surface area contributed by atoms with Gasteiger partial charge in [0.25, 0.3) is 17.6 Å². The van der Waals surface area contributed by atoms with Crippen molar-refractivity contribution in [3.8, 4) is 5.75 Å². The van der Waals surface area contributed by atoms with Crippen molar-refractivity contribution in [2.45, 2.75) is 12.5 Å². The first-order valence-corrected chi connectivity index (χ1v) is 12.1. The van der Waals surface area contributed by atoms with Gasteiger partial charge in [0.15, 0.2) is 6.61 Å². The van der Waals surface area contributed by atoms with Crippen molar-refractivity contribution in [3.63, 3.8) is 0 Å². The lowest BCUT2D eigenvalue weighted by Crippen LogP contribution is -2.38. The SMILES string of the molecule is NC(=O)COc1ccc(C2/C(=C(\O)c3ccc(Cl)cc3)C(=O)C(=O)N2CCCN2CCOCC2)cc1. The molecular formula is C26H28ClN3O6. The summed E-state index contributed by atoms with van der Waals surface area (Å²) in [5.41, 5.74) is 6.16. The summed E-state index contributed by atoms with van der Waals surface area (Å²) in [6.07, 6.45) is 0.657. The van der Waals surface area contributed by atoms with E-state index in [9.17, 15) is 19.5 Å². The van der Waals surface area contributed by atoms with Gasteiger partial charge >= 0.3 is 0 Å². The molecule has 36 heavy (non-hydrogen) atoms. The van der Waals surface area contributed by atoms with Crippen molar-refractivity contribution in [3.05, 3.63) is 70.3 Å². The molecule has 2 aliphatic heterocycles. The van der Waals surface area contributed by atoms with Crippen LogP contribution in [0.15, 0.2) is 54.1 Å². The number of primary amides is 1. The first-order valence-electron chi connectivity index (χ1n) is 11.7. The van der Waals surface area contributed by atoms with Gasteiger partial charge < -0.3 is 25.2 Å². The van der Waals surface area contributed by atoms with Crippen molar-refractivity contribution in [1.82, 2.24) is 9.80 Å². The molecule has 1 atom stereocenters. The maximum absolute atomic E-state index is 13.2. The second-order valence-corrected chi connectivity index (χ2v) is 9.07. The van der Waals surface area contributed by atoms with Crippen molar-refractivity contribution in [2.75, 3.05) is 46.0 Å². The molecule has 2 heterocycles. The molecule has 190 valence electrons. The standard InChI is InChI=1S/C26H28ClN3O6/c27-19-6-2-18(3-7-19)24(32)22-23(17-4-8-20(9-5-17)36-16-21(28)31)30(26(34)25(22)33)11-1-10-29-12-14-35-15-13-29/h2-9,23,32H,1,10-16H2,(H2,28,31)/b24-22+. The number of ether oxygens (including phenoxy) is 2. The monoisotopic (exact) mass is 513 g/mol. The van der Waals surface area contributed by atoms with Crippen LogP contribution in [-0.2, 0) is 19.1 Å². The van der Waals surface area contributed by atoms with E-state index in [0.717, 1.165) is 19.6 Å². The summed E-state index contributed by atoms with van der Waals surface area (Å²) in [5, 5.41) is 11.6. The molecule has 1 unspecified atom stereocenters. The van der Waals surface area contributed by atoms with Crippen LogP contribution in [0.2, 0.25) is 5.02 Å². The number of hydrogen-bond acceptors (Lipinski definition) is 7. The van der Waals surface area contributed by atoms with Crippen LogP contribution in [-0.4, -0.2) is 78.5 Å². The molecule has 0 saturated carbocycles. The summed E-state index contributed by atoms with van der Waals surface area (Å²) in [6.45, 7) is 3.83. The minimum absolute atomic E-state index is 0.0134. The number of morpholine rings is 1. The Morgan fingerprint density at radius 2 is 1.72 bits per heavy atom. The Hall–Kier alpha value is -3.40. The normalized spacial score (nSPS) is 20.0. The zero-order valence-corrected chi connectivity index (χ0v) is 20.4. The number of carbonyl (C=O) groups excluding carboxylic acids is 3. The molecule has 2 aliphatic rings. The van der Waals surface area contributed by atoms with E-state index in [1.165, 1.54) is 4.90 Å². The number of hydrogen-bond donors (Lipinski definition) is 2. The number of rotatable bonds is 9. The van der Waals surface area contributed by atoms with Gasteiger partial charge in [-0.15, -0.1) is 0 Å². The van der Waals surface area contributed by atoms with E-state index in [1.54, 1.807) is 48.5 Å². The number of nitrogens with zero attached hydrogens (tertiary/aromatic N) is 2. The number of halogens is 1. The Balaban J connectivity index is 1.64. The van der Waals surface area contributed by atoms with E-state index in [2.05, 4.69) is 4.90 Å². The molecule has 2 amide bonds. The molecule has 3 N–H and O–H groups in total. The van der Waals surface area contributed by atoms with E-state index in [0.29, 0.717) is 48.1 Å². The maximum Gasteiger partial charge on any atom is 0.295 e. The van der Waals surface area contributed by atoms with Gasteiger partial charge in [-0.3, -0.25) is 19.3 Å². The zero-order valence-electron chi connectivity index (χ0n) is 19.7. The Morgan fingerprint density at radius 1 is 1.06 bits per heavy atom. The van der Waals surface area contributed by atoms with Crippen molar-refractivity contribution < 1.29 is 29.0 Å². The molecule has 2 aromatic rings. The second-order valence-electron chi connectivity index (χ2n) is 8.63. The summed E-state index contributed by atoms with van der Waals surface area (Å²) in [4.78, 5) is 41.0. The first kappa shape index (κ1) is 25.7. The van der Waals surface area contributed by atoms with Crippen LogP contribution >= 0.6 is 11.6 Å². The number of benzene rings is 2. The highest BCUT2D eigenvalue weighted by Crippen LogP contribution is 2.40. The van der Waals surface area contributed by atoms with Gasteiger partial charge in [0.1, 0.15) is 11.5 Å². The lowest BCUT2D eigenvalue weighted by atomic mass is 9.95. The van der Waals surface area contributed by atoms with Crippen molar-refractivity contribution in [2.24, 2.45) is 5.73 Å². The number of Topliss-reactive ketones (excluding diaryl/α,β-unsaturated/α-hetero) is 1. The predicted molar refractivity (Wildman–Crippen MR) is 133 cm³/mol. The molecule has 9 nitrogen and oxygen atoms in total. The van der Waals surface area contributed by atoms with Crippen LogP contribution in [0.25, 0.3) is 5.76 Å². The highest BCUT2D eigenvalue weighted by molar-refractivity contribution is 6.46. The molecule has 2 saturated heterocycles. The molecule has 0 spiro atoms. The van der Waals surface area contributed by atoms with E-state index >= 15 is 0 Å². The lowest BCUT2D eigenvalue weighted by Gasteiger charge is -2.29.